The number of amides is 12. The molecular weight excluding hydrogens is 1370 g/mol. The zero-order valence-corrected chi connectivity index (χ0v) is 63.9. The molecule has 104 heavy (non-hydrogen) atoms. The number of carbonyl (C=O) groups is 12. The summed E-state index contributed by atoms with van der Waals surface area (Å²) in [6.07, 6.45) is 5.88. The minimum atomic E-state index is -4.78. The van der Waals surface area contributed by atoms with Crippen molar-refractivity contribution in [3.8, 4) is 0 Å². The van der Waals surface area contributed by atoms with Crippen LogP contribution in [0.25, 0.3) is 0 Å². The Kier molecular flexibility index (Phi) is 29.2. The van der Waals surface area contributed by atoms with E-state index in [0.717, 1.165) is 54.0 Å². The molecule has 25 nitrogen and oxygen atoms in total. The molecule has 2 saturated heterocycles. The van der Waals surface area contributed by atoms with Crippen molar-refractivity contribution >= 4 is 82.5 Å². The minimum absolute atomic E-state index is 0.00195. The number of aryl methyl sites for hydroxylation is 1. The van der Waals surface area contributed by atoms with Crippen molar-refractivity contribution in [2.75, 3.05) is 76.5 Å². The largest absolute Gasteiger partial charge is 0.417 e. The number of aromatic nitrogens is 1. The number of alkyl halides is 3. The van der Waals surface area contributed by atoms with Crippen molar-refractivity contribution in [2.45, 2.75) is 236 Å². The lowest BCUT2D eigenvalue weighted by Crippen LogP contribution is -2.65. The van der Waals surface area contributed by atoms with E-state index < -0.39 is 172 Å². The summed E-state index contributed by atoms with van der Waals surface area (Å²) >= 11 is 6.20. The molecule has 7 rings (SSSR count). The fourth-order valence-corrected chi connectivity index (χ4v) is 15.9. The molecule has 0 bridgehead atoms. The van der Waals surface area contributed by atoms with Crippen LogP contribution in [0, 0.1) is 23.7 Å². The van der Waals surface area contributed by atoms with Gasteiger partial charge in [0.05, 0.1) is 23.6 Å². The van der Waals surface area contributed by atoms with Crippen molar-refractivity contribution in [1.82, 2.24) is 65.0 Å². The number of hydrogen-bond donors (Lipinski definition) is 3. The molecule has 0 radical (unpaired) electrons. The third-order valence-electron chi connectivity index (χ3n) is 22.6. The van der Waals surface area contributed by atoms with E-state index in [1.807, 2.05) is 20.8 Å². The highest BCUT2D eigenvalue weighted by atomic mass is 35.5. The Hall–Kier alpha value is -7.91. The third kappa shape index (κ3) is 20.0. The summed E-state index contributed by atoms with van der Waals surface area (Å²) in [5.74, 6) is -9.28. The molecule has 1 aromatic heterocycles. The number of rotatable bonds is 13. The molecule has 3 heterocycles. The lowest BCUT2D eigenvalue weighted by Gasteiger charge is -2.45. The first-order valence-corrected chi connectivity index (χ1v) is 37.3. The molecule has 1 unspecified atom stereocenters. The molecule has 2 aromatic rings. The molecule has 10 atom stereocenters. The van der Waals surface area contributed by atoms with Crippen LogP contribution in [0.1, 0.15) is 173 Å². The van der Waals surface area contributed by atoms with E-state index in [-0.39, 0.29) is 75.3 Å². The monoisotopic (exact) mass is 1480 g/mol. The van der Waals surface area contributed by atoms with Gasteiger partial charge in [0.15, 0.2) is 0 Å². The summed E-state index contributed by atoms with van der Waals surface area (Å²) in [6.45, 7) is 8.31. The van der Waals surface area contributed by atoms with Gasteiger partial charge in [0, 0.05) is 88.8 Å². The van der Waals surface area contributed by atoms with Crippen LogP contribution < -0.4 is 16.0 Å². The van der Waals surface area contributed by atoms with Crippen LogP contribution in [-0.4, -0.2) is 256 Å². The van der Waals surface area contributed by atoms with E-state index in [1.54, 1.807) is 19.1 Å². The standard InChI is InChI=1S/C75H111ClF3N13O12/c1-15-46(4)62-71(102)86(9)47(5)66(97)92-37-33-55(92)70(101)89(12)58(40-48-24-17-16-18-25-48)69(100)85(8)44-60(93)81-54(32-30-49-29-31-52(53(76)39-49)75(77,78)79)67(98)88(11)57(41-50-26-23-36-80-43-50)65(96)83-74(34-21-22-35-74)73(104)91(14)63(51-27-19-20-28-51)72(103)90(13)59(68(99)84(6)7)42-61(94)87(10)56(38-45(2)3)64(95)82-62/h23,26,29,31,36,39,43,45-48,51,54-59,62-63H,15-22,24-25,27-28,30,32-35,37-38,40-42,44H2,1-14H3,(H,81,93)(H,82,95)(H,83,96)/t46-,47-,54-,55?,56-,57-,58-,59-,62-,63-/m0/s1. The van der Waals surface area contributed by atoms with Gasteiger partial charge < -0.3 is 60.0 Å². The average molecular weight is 1480 g/mol. The van der Waals surface area contributed by atoms with Gasteiger partial charge >= 0.3 is 6.18 Å². The third-order valence-corrected chi connectivity index (χ3v) is 22.9. The van der Waals surface area contributed by atoms with Crippen molar-refractivity contribution in [3.05, 3.63) is 64.4 Å². The second-order valence-electron chi connectivity index (χ2n) is 30.5. The van der Waals surface area contributed by atoms with E-state index in [2.05, 4.69) is 20.9 Å². The van der Waals surface area contributed by atoms with Crippen LogP contribution in [0.5, 0.6) is 0 Å². The Labute approximate surface area is 615 Å². The van der Waals surface area contributed by atoms with E-state index >= 15 is 24.0 Å². The molecule has 576 valence electrons. The first-order valence-electron chi connectivity index (χ1n) is 37.0. The number of hydrogen-bond acceptors (Lipinski definition) is 13. The number of benzene rings is 1. The topological polar surface area (TPSA) is 283 Å². The number of nitrogens with one attached hydrogen (secondary N) is 3. The van der Waals surface area contributed by atoms with Gasteiger partial charge in [-0.2, -0.15) is 13.2 Å². The van der Waals surface area contributed by atoms with Crippen LogP contribution in [0.3, 0.4) is 0 Å². The Morgan fingerprint density at radius 2 is 1.33 bits per heavy atom. The highest BCUT2D eigenvalue weighted by Crippen LogP contribution is 2.39. The fraction of sp³-hybridized carbons (Fsp3) is 0.693. The Balaban J connectivity index is 1.33. The first-order chi connectivity index (χ1) is 48.9. The Morgan fingerprint density at radius 3 is 1.89 bits per heavy atom. The summed E-state index contributed by atoms with van der Waals surface area (Å²) in [5, 5.41) is 8.15. The highest BCUT2D eigenvalue weighted by Gasteiger charge is 2.52. The molecule has 12 amide bonds. The lowest BCUT2D eigenvalue weighted by atomic mass is 9.84. The van der Waals surface area contributed by atoms with Crippen LogP contribution in [0.15, 0.2) is 42.7 Å². The van der Waals surface area contributed by atoms with Gasteiger partial charge in [-0.15, -0.1) is 0 Å². The number of nitrogens with zero attached hydrogens (tertiary/aromatic N) is 10. The molecule has 5 fully saturated rings. The van der Waals surface area contributed by atoms with Crippen LogP contribution >= 0.6 is 11.6 Å². The van der Waals surface area contributed by atoms with Crippen molar-refractivity contribution in [3.63, 3.8) is 0 Å². The maximum atomic E-state index is 15.8. The number of likely N-dealkylation sites (N-methyl/N-ethyl adjacent to an activating group) is 8. The van der Waals surface area contributed by atoms with Crippen LogP contribution in [-0.2, 0) is 76.6 Å². The normalized spacial score (nSPS) is 26.6. The molecule has 29 heteroatoms. The molecule has 3 aliphatic carbocycles. The second kappa shape index (κ2) is 36.4. The molecular formula is C75H111ClF3N13O12. The maximum Gasteiger partial charge on any atom is 0.417 e. The number of pyridine rings is 1. The zero-order chi connectivity index (χ0) is 77.0. The van der Waals surface area contributed by atoms with Crippen molar-refractivity contribution < 1.29 is 70.7 Å². The summed E-state index contributed by atoms with van der Waals surface area (Å²) in [4.78, 5) is 197. The quantitative estimate of drug-likeness (QED) is 0.204. The molecule has 3 saturated carbocycles. The highest BCUT2D eigenvalue weighted by molar-refractivity contribution is 6.31. The van der Waals surface area contributed by atoms with Crippen LogP contribution in [0.2, 0.25) is 5.02 Å². The van der Waals surface area contributed by atoms with E-state index in [4.69, 9.17) is 11.6 Å². The summed E-state index contributed by atoms with van der Waals surface area (Å²) in [6, 6.07) is -5.04. The summed E-state index contributed by atoms with van der Waals surface area (Å²) in [7, 11) is 12.9. The van der Waals surface area contributed by atoms with Crippen molar-refractivity contribution in [1.29, 1.82) is 0 Å². The van der Waals surface area contributed by atoms with Gasteiger partial charge in [0.2, 0.25) is 70.9 Å². The van der Waals surface area contributed by atoms with Gasteiger partial charge in [-0.1, -0.05) is 116 Å². The average Bonchev–Trinajstić information content (AvgIpc) is 1.07. The van der Waals surface area contributed by atoms with Gasteiger partial charge in [-0.3, -0.25) is 62.5 Å². The number of halogens is 4. The van der Waals surface area contributed by atoms with Gasteiger partial charge in [-0.25, -0.2) is 0 Å². The molecule has 5 aliphatic rings. The van der Waals surface area contributed by atoms with Gasteiger partial charge in [0.25, 0.3) is 0 Å². The van der Waals surface area contributed by atoms with E-state index in [0.29, 0.717) is 50.5 Å². The molecule has 3 N–H and O–H groups in total. The van der Waals surface area contributed by atoms with E-state index in [9.17, 15) is 46.7 Å². The van der Waals surface area contributed by atoms with Crippen LogP contribution in [0.4, 0.5) is 13.2 Å². The Bertz CT molecular complexity index is 3420. The Morgan fingerprint density at radius 1 is 0.692 bits per heavy atom. The molecule has 1 spiro atoms. The lowest BCUT2D eigenvalue weighted by molar-refractivity contribution is -0.160. The fourth-order valence-electron chi connectivity index (χ4n) is 15.6. The zero-order valence-electron chi connectivity index (χ0n) is 63.2. The van der Waals surface area contributed by atoms with Gasteiger partial charge in [-0.05, 0) is 118 Å². The molecule has 2 aliphatic heterocycles. The second-order valence-corrected chi connectivity index (χ2v) is 30.9. The molecule has 1 aromatic carbocycles. The van der Waals surface area contributed by atoms with Crippen molar-refractivity contribution in [2.24, 2.45) is 23.7 Å². The predicted molar refractivity (Wildman–Crippen MR) is 384 cm³/mol. The van der Waals surface area contributed by atoms with Gasteiger partial charge in [0.1, 0.15) is 59.9 Å². The maximum absolute atomic E-state index is 15.8. The summed E-state index contributed by atoms with van der Waals surface area (Å²) < 4.78 is 41.9. The van der Waals surface area contributed by atoms with E-state index in [1.165, 1.54) is 123 Å². The number of carbonyl (C=O) groups excluding carboxylic acids is 12. The minimum Gasteiger partial charge on any atom is -0.347 e. The summed E-state index contributed by atoms with van der Waals surface area (Å²) in [5.41, 5.74) is -2.00. The smallest absolute Gasteiger partial charge is 0.347 e. The number of fused-ring (bicyclic) bond motifs is 1. The predicted octanol–water partition coefficient (Wildman–Crippen LogP) is 6.11. The SMILES string of the molecule is CC[C@H](C)[C@@H]1NC(=O)[C@H](CC(C)C)N(C)C(=O)C[C@@H](C(=O)N(C)C)N(C)C(=O)[C@H](C2CCCC2)N(C)C(=O)C2(CCCC2)NC(=O)[C@H](Cc2cccnc2)N(C)C(=O)[C@H](CCc2ccc(C(F)(F)F)c(Cl)c2)NC(=O)CN(C)C(=O)[C@H](CC2CCCCC2)N(C)C(=O)C2CCN2C(=O)[C@H](C)N(C)C1=O. The first kappa shape index (κ1) is 83.4.